The van der Waals surface area contributed by atoms with E-state index in [1.807, 2.05) is 35.7 Å². The lowest BCUT2D eigenvalue weighted by Crippen LogP contribution is -2.38. The number of aromatic nitrogens is 3. The number of carbonyl (C=O) groups is 2. The van der Waals surface area contributed by atoms with Crippen molar-refractivity contribution in [3.05, 3.63) is 70.2 Å². The normalized spacial score (nSPS) is 18.7. The summed E-state index contributed by atoms with van der Waals surface area (Å²) >= 11 is 1.43. The number of likely N-dealkylation sites (tertiary alicyclic amines) is 1. The molecular weight excluding hydrogens is 393 g/mol. The number of hydrogen-bond acceptors (Lipinski definition) is 5. The number of nitrogens with zero attached hydrogens (tertiary/aromatic N) is 4. The third kappa shape index (κ3) is 4.51. The largest absolute Gasteiger partial charge is 0.347 e. The zero-order chi connectivity index (χ0) is 20.2. The molecule has 1 aromatic carbocycles. The molecule has 7 nitrogen and oxygen atoms in total. The van der Waals surface area contributed by atoms with Gasteiger partial charge in [-0.1, -0.05) is 35.5 Å². The van der Waals surface area contributed by atoms with E-state index in [2.05, 4.69) is 15.6 Å². The first-order valence-electron chi connectivity index (χ1n) is 9.29. The highest BCUT2D eigenvalue weighted by atomic mass is 32.1. The number of rotatable bonds is 6. The van der Waals surface area contributed by atoms with Crippen molar-refractivity contribution >= 4 is 23.2 Å². The maximum absolute atomic E-state index is 14.0. The molecule has 0 spiro atoms. The van der Waals surface area contributed by atoms with Crippen LogP contribution in [0.4, 0.5) is 4.39 Å². The van der Waals surface area contributed by atoms with Gasteiger partial charge in [0.15, 0.2) is 5.69 Å². The van der Waals surface area contributed by atoms with E-state index in [-0.39, 0.29) is 43.1 Å². The monoisotopic (exact) mass is 413 g/mol. The van der Waals surface area contributed by atoms with Crippen LogP contribution in [-0.2, 0) is 13.1 Å². The molecule has 1 aliphatic rings. The lowest BCUT2D eigenvalue weighted by atomic mass is 10.2. The van der Waals surface area contributed by atoms with E-state index in [1.54, 1.807) is 16.3 Å². The van der Waals surface area contributed by atoms with Crippen LogP contribution >= 0.6 is 11.3 Å². The molecule has 29 heavy (non-hydrogen) atoms. The molecule has 2 amide bonds. The first-order chi connectivity index (χ1) is 14.1. The molecule has 3 heterocycles. The van der Waals surface area contributed by atoms with Gasteiger partial charge in [-0.2, -0.15) is 11.3 Å². The van der Waals surface area contributed by atoms with Crippen LogP contribution in [0.25, 0.3) is 0 Å². The Balaban J connectivity index is 1.38. The highest BCUT2D eigenvalue weighted by molar-refractivity contribution is 7.08. The number of thiophene rings is 1. The topological polar surface area (TPSA) is 80.1 Å². The Bertz CT molecular complexity index is 976. The van der Waals surface area contributed by atoms with Crippen LogP contribution in [0.5, 0.6) is 0 Å². The molecule has 0 saturated carbocycles. The second-order valence-corrected chi connectivity index (χ2v) is 7.73. The predicted octanol–water partition coefficient (Wildman–Crippen LogP) is 2.52. The number of nitrogens with one attached hydrogen (secondary N) is 1. The van der Waals surface area contributed by atoms with Gasteiger partial charge in [-0.05, 0) is 17.0 Å². The number of benzene rings is 1. The zero-order valence-electron chi connectivity index (χ0n) is 15.6. The van der Waals surface area contributed by atoms with Gasteiger partial charge in [-0.3, -0.25) is 9.59 Å². The van der Waals surface area contributed by atoms with Crippen molar-refractivity contribution in [1.82, 2.24) is 25.2 Å². The molecule has 2 unspecified atom stereocenters. The van der Waals surface area contributed by atoms with Crippen molar-refractivity contribution in [3.8, 4) is 0 Å². The van der Waals surface area contributed by atoms with Gasteiger partial charge >= 0.3 is 0 Å². The molecule has 1 aliphatic heterocycles. The SMILES string of the molecule is O=C(NCc1ccccc1)c1cn(CC2CC(F)CN2C(=O)c2ccsc2)nn1. The van der Waals surface area contributed by atoms with Crippen LogP contribution in [0, 0.1) is 0 Å². The van der Waals surface area contributed by atoms with E-state index < -0.39 is 6.17 Å². The number of hydrogen-bond donors (Lipinski definition) is 1. The Morgan fingerprint density at radius 1 is 1.24 bits per heavy atom. The average Bonchev–Trinajstić information content (AvgIpc) is 3.48. The molecule has 2 aromatic heterocycles. The van der Waals surface area contributed by atoms with Crippen molar-refractivity contribution in [2.45, 2.75) is 31.7 Å². The summed E-state index contributed by atoms with van der Waals surface area (Å²) in [5, 5.41) is 14.3. The van der Waals surface area contributed by atoms with E-state index in [0.717, 1.165) is 5.56 Å². The lowest BCUT2D eigenvalue weighted by molar-refractivity contribution is 0.0715. The summed E-state index contributed by atoms with van der Waals surface area (Å²) in [7, 11) is 0. The van der Waals surface area contributed by atoms with Crippen molar-refractivity contribution < 1.29 is 14.0 Å². The second kappa shape index (κ2) is 8.52. The van der Waals surface area contributed by atoms with E-state index in [4.69, 9.17) is 0 Å². The summed E-state index contributed by atoms with van der Waals surface area (Å²) in [5.41, 5.74) is 1.73. The molecule has 4 rings (SSSR count). The molecule has 9 heteroatoms. The van der Waals surface area contributed by atoms with E-state index in [0.29, 0.717) is 12.1 Å². The van der Waals surface area contributed by atoms with Gasteiger partial charge in [0.1, 0.15) is 6.17 Å². The number of amides is 2. The smallest absolute Gasteiger partial charge is 0.273 e. The van der Waals surface area contributed by atoms with Gasteiger partial charge in [0.25, 0.3) is 11.8 Å². The molecule has 1 N–H and O–H groups in total. The van der Waals surface area contributed by atoms with Crippen LogP contribution in [0.15, 0.2) is 53.4 Å². The second-order valence-electron chi connectivity index (χ2n) is 6.95. The third-order valence-corrected chi connectivity index (χ3v) is 5.54. The van der Waals surface area contributed by atoms with Gasteiger partial charge in [-0.15, -0.1) is 5.10 Å². The Labute approximate surface area is 171 Å². The van der Waals surface area contributed by atoms with Crippen molar-refractivity contribution in [2.75, 3.05) is 6.54 Å². The molecule has 0 radical (unpaired) electrons. The minimum atomic E-state index is -1.07. The predicted molar refractivity (Wildman–Crippen MR) is 106 cm³/mol. The van der Waals surface area contributed by atoms with Gasteiger partial charge < -0.3 is 10.2 Å². The molecule has 0 bridgehead atoms. The highest BCUT2D eigenvalue weighted by Crippen LogP contribution is 2.24. The van der Waals surface area contributed by atoms with Crippen molar-refractivity contribution in [2.24, 2.45) is 0 Å². The fraction of sp³-hybridized carbons (Fsp3) is 0.300. The first kappa shape index (κ1) is 19.3. The quantitative estimate of drug-likeness (QED) is 0.673. The van der Waals surface area contributed by atoms with Gasteiger partial charge in [0.2, 0.25) is 0 Å². The summed E-state index contributed by atoms with van der Waals surface area (Å²) < 4.78 is 15.5. The average molecular weight is 413 g/mol. The summed E-state index contributed by atoms with van der Waals surface area (Å²) in [6.07, 6.45) is 0.699. The molecule has 1 saturated heterocycles. The Morgan fingerprint density at radius 3 is 2.83 bits per heavy atom. The minimum absolute atomic E-state index is 0.0679. The maximum Gasteiger partial charge on any atom is 0.273 e. The highest BCUT2D eigenvalue weighted by Gasteiger charge is 2.36. The summed E-state index contributed by atoms with van der Waals surface area (Å²) in [4.78, 5) is 26.5. The molecule has 0 aliphatic carbocycles. The summed E-state index contributed by atoms with van der Waals surface area (Å²) in [5.74, 6) is -0.515. The number of carbonyl (C=O) groups excluding carboxylic acids is 2. The number of alkyl halides is 1. The van der Waals surface area contributed by atoms with Crippen LogP contribution in [0.1, 0.15) is 32.8 Å². The van der Waals surface area contributed by atoms with E-state index in [1.165, 1.54) is 22.2 Å². The van der Waals surface area contributed by atoms with Gasteiger partial charge in [-0.25, -0.2) is 9.07 Å². The fourth-order valence-electron chi connectivity index (χ4n) is 3.41. The Hall–Kier alpha value is -3.07. The summed E-state index contributed by atoms with van der Waals surface area (Å²) in [6.45, 7) is 0.745. The minimum Gasteiger partial charge on any atom is -0.347 e. The number of halogens is 1. The standard InChI is InChI=1S/C20H20FN5O2S/c21-16-8-17(26(10-16)20(28)15-6-7-29-13-15)11-25-12-18(23-24-25)19(27)22-9-14-4-2-1-3-5-14/h1-7,12-13,16-17H,8-11H2,(H,22,27). The molecule has 150 valence electrons. The van der Waals surface area contributed by atoms with Crippen LogP contribution in [0.3, 0.4) is 0 Å². The molecular formula is C20H20FN5O2S. The Morgan fingerprint density at radius 2 is 2.07 bits per heavy atom. The van der Waals surface area contributed by atoms with Crippen LogP contribution in [0.2, 0.25) is 0 Å². The van der Waals surface area contributed by atoms with Crippen molar-refractivity contribution in [3.63, 3.8) is 0 Å². The third-order valence-electron chi connectivity index (χ3n) is 4.86. The van der Waals surface area contributed by atoms with Crippen molar-refractivity contribution in [1.29, 1.82) is 0 Å². The fourth-order valence-corrected chi connectivity index (χ4v) is 4.04. The zero-order valence-corrected chi connectivity index (χ0v) is 16.4. The maximum atomic E-state index is 14.0. The molecule has 3 aromatic rings. The lowest BCUT2D eigenvalue weighted by Gasteiger charge is -2.23. The Kier molecular flexibility index (Phi) is 5.66. The summed E-state index contributed by atoms with van der Waals surface area (Å²) in [6, 6.07) is 11.0. The molecule has 1 fully saturated rings. The van der Waals surface area contributed by atoms with Gasteiger partial charge in [0.05, 0.1) is 30.9 Å². The van der Waals surface area contributed by atoms with Gasteiger partial charge in [0, 0.05) is 18.3 Å². The van der Waals surface area contributed by atoms with E-state index in [9.17, 15) is 14.0 Å². The van der Waals surface area contributed by atoms with Crippen LogP contribution in [-0.4, -0.2) is 50.5 Å². The first-order valence-corrected chi connectivity index (χ1v) is 10.2. The van der Waals surface area contributed by atoms with E-state index >= 15 is 0 Å². The van der Waals surface area contributed by atoms with Crippen LogP contribution < -0.4 is 5.32 Å². The molecule has 2 atom stereocenters.